The van der Waals surface area contributed by atoms with Crippen molar-refractivity contribution in [3.05, 3.63) is 54.9 Å². The Hall–Kier alpha value is -0.616. The van der Waals surface area contributed by atoms with Crippen LogP contribution in [0.4, 0.5) is 0 Å². The standard InChI is InChI=1S/C11H6ClN2.CH3.Y/c1-7-2-3-10-9(4-7)11(12)8(5-13)6-14-10;;/h2-4,6H,1H2;1H3;/q2*-1;. The fourth-order valence-corrected chi connectivity index (χ4v) is 1.53. The van der Waals surface area contributed by atoms with Gasteiger partial charge in [0.25, 0.3) is 0 Å². The van der Waals surface area contributed by atoms with Crippen molar-refractivity contribution < 1.29 is 32.7 Å². The molecule has 0 spiro atoms. The summed E-state index contributed by atoms with van der Waals surface area (Å²) in [6.45, 7) is 3.80. The molecule has 0 aliphatic heterocycles. The monoisotopic (exact) mass is 305 g/mol. The van der Waals surface area contributed by atoms with Crippen molar-refractivity contribution in [3.63, 3.8) is 0 Å². The largest absolute Gasteiger partial charge is 0.358 e. The smallest absolute Gasteiger partial charge is 0.102 e. The first-order valence-corrected chi connectivity index (χ1v) is 4.40. The molecule has 1 aromatic heterocycles. The van der Waals surface area contributed by atoms with Crippen molar-refractivity contribution in [2.45, 2.75) is 0 Å². The minimum absolute atomic E-state index is 0. The molecule has 0 N–H and O–H groups in total. The zero-order valence-electron chi connectivity index (χ0n) is 8.87. The summed E-state index contributed by atoms with van der Waals surface area (Å²) in [5.74, 6) is 0. The zero-order valence-corrected chi connectivity index (χ0v) is 12.5. The maximum Gasteiger partial charge on any atom is 0.102 e. The van der Waals surface area contributed by atoms with Crippen LogP contribution in [0.5, 0.6) is 0 Å². The molecule has 1 aromatic carbocycles. The molecule has 2 aromatic rings. The quantitative estimate of drug-likeness (QED) is 0.700. The fraction of sp³-hybridized carbons (Fsp3) is 0. The number of nitriles is 1. The van der Waals surface area contributed by atoms with Gasteiger partial charge < -0.3 is 7.43 Å². The SMILES string of the molecule is [CH2-]c1ccc2ncc(C#N)c(Cl)c2c1.[CH3-].[Y]. The van der Waals surface area contributed by atoms with Crippen LogP contribution in [0, 0.1) is 25.7 Å². The number of rotatable bonds is 0. The van der Waals surface area contributed by atoms with Crippen molar-refractivity contribution in [1.29, 1.82) is 5.26 Å². The summed E-state index contributed by atoms with van der Waals surface area (Å²) in [5.41, 5.74) is 2.03. The summed E-state index contributed by atoms with van der Waals surface area (Å²) in [6.07, 6.45) is 1.48. The van der Waals surface area contributed by atoms with Gasteiger partial charge in [-0.15, -0.1) is 0 Å². The summed E-state index contributed by atoms with van der Waals surface area (Å²) in [6, 6.07) is 7.51. The predicted octanol–water partition coefficient (Wildman–Crippen LogP) is 3.39. The summed E-state index contributed by atoms with van der Waals surface area (Å²) in [4.78, 5) is 4.12. The number of benzene rings is 1. The Balaban J connectivity index is 0.00000112. The molecule has 16 heavy (non-hydrogen) atoms. The van der Waals surface area contributed by atoms with Gasteiger partial charge in [0.1, 0.15) is 6.07 Å². The third-order valence-corrected chi connectivity index (χ3v) is 2.39. The van der Waals surface area contributed by atoms with Gasteiger partial charge in [-0.1, -0.05) is 17.7 Å². The van der Waals surface area contributed by atoms with Gasteiger partial charge in [0, 0.05) is 44.4 Å². The van der Waals surface area contributed by atoms with E-state index in [0.29, 0.717) is 10.6 Å². The average molecular weight is 306 g/mol. The van der Waals surface area contributed by atoms with E-state index in [2.05, 4.69) is 11.9 Å². The molecule has 0 aliphatic carbocycles. The van der Waals surface area contributed by atoms with E-state index in [0.717, 1.165) is 16.5 Å². The predicted molar refractivity (Wildman–Crippen MR) is 62.3 cm³/mol. The summed E-state index contributed by atoms with van der Waals surface area (Å²) in [5, 5.41) is 9.98. The van der Waals surface area contributed by atoms with Gasteiger partial charge in [-0.3, -0.25) is 4.98 Å². The van der Waals surface area contributed by atoms with Crippen molar-refractivity contribution in [2.24, 2.45) is 0 Å². The van der Waals surface area contributed by atoms with E-state index >= 15 is 0 Å². The molecule has 0 aliphatic rings. The van der Waals surface area contributed by atoms with Crippen LogP contribution in [-0.4, -0.2) is 4.98 Å². The molecule has 0 amide bonds. The van der Waals surface area contributed by atoms with Crippen LogP contribution in [-0.2, 0) is 32.7 Å². The minimum Gasteiger partial charge on any atom is -0.358 e. The molecule has 1 heterocycles. The van der Waals surface area contributed by atoms with E-state index in [1.165, 1.54) is 6.20 Å². The molecular weight excluding hydrogens is 297 g/mol. The molecule has 0 saturated carbocycles. The van der Waals surface area contributed by atoms with E-state index in [1.807, 2.05) is 24.3 Å². The molecule has 1 radical (unpaired) electrons. The molecule has 0 atom stereocenters. The summed E-state index contributed by atoms with van der Waals surface area (Å²) < 4.78 is 0. The second-order valence-corrected chi connectivity index (χ2v) is 3.33. The zero-order chi connectivity index (χ0) is 10.1. The van der Waals surface area contributed by atoms with Crippen LogP contribution < -0.4 is 0 Å². The third-order valence-electron chi connectivity index (χ3n) is 1.99. The van der Waals surface area contributed by atoms with E-state index in [9.17, 15) is 0 Å². The van der Waals surface area contributed by atoms with Crippen LogP contribution in [0.15, 0.2) is 24.4 Å². The second kappa shape index (κ2) is 6.20. The van der Waals surface area contributed by atoms with Gasteiger partial charge in [0.15, 0.2) is 0 Å². The first-order valence-electron chi connectivity index (χ1n) is 4.02. The Morgan fingerprint density at radius 1 is 1.38 bits per heavy atom. The summed E-state index contributed by atoms with van der Waals surface area (Å²) >= 11 is 6.02. The van der Waals surface area contributed by atoms with Gasteiger partial charge in [-0.25, -0.2) is 0 Å². The van der Waals surface area contributed by atoms with Crippen LogP contribution in [0.3, 0.4) is 0 Å². The van der Waals surface area contributed by atoms with Crippen LogP contribution in [0.25, 0.3) is 10.9 Å². The molecule has 0 saturated heterocycles. The molecule has 0 bridgehead atoms. The van der Waals surface area contributed by atoms with Gasteiger partial charge in [-0.05, 0) is 5.39 Å². The van der Waals surface area contributed by atoms with E-state index in [1.54, 1.807) is 0 Å². The van der Waals surface area contributed by atoms with Gasteiger partial charge in [0.2, 0.25) is 0 Å². The topological polar surface area (TPSA) is 36.7 Å². The Labute approximate surface area is 126 Å². The Morgan fingerprint density at radius 2 is 2.06 bits per heavy atom. The first kappa shape index (κ1) is 15.4. The number of fused-ring (bicyclic) bond motifs is 1. The molecule has 0 fully saturated rings. The Kier molecular flexibility index (Phi) is 5.96. The average Bonchev–Trinajstić information content (AvgIpc) is 2.20. The Bertz CT molecular complexity index is 546. The molecule has 0 unspecified atom stereocenters. The maximum absolute atomic E-state index is 8.76. The summed E-state index contributed by atoms with van der Waals surface area (Å²) in [7, 11) is 0. The third kappa shape index (κ3) is 2.74. The van der Waals surface area contributed by atoms with E-state index in [4.69, 9.17) is 16.9 Å². The number of hydrogen-bond donors (Lipinski definition) is 0. The van der Waals surface area contributed by atoms with Crippen LogP contribution >= 0.6 is 11.6 Å². The number of hydrogen-bond acceptors (Lipinski definition) is 2. The van der Waals surface area contributed by atoms with Crippen molar-refractivity contribution in [1.82, 2.24) is 4.98 Å². The molecule has 2 nitrogen and oxygen atoms in total. The first-order chi connectivity index (χ1) is 6.72. The van der Waals surface area contributed by atoms with Gasteiger partial charge >= 0.3 is 0 Å². The van der Waals surface area contributed by atoms with E-state index in [-0.39, 0.29) is 40.1 Å². The molecule has 4 heteroatoms. The molecule has 2 rings (SSSR count). The number of nitrogens with zero attached hydrogens (tertiary/aromatic N) is 2. The number of aromatic nitrogens is 1. The molecule has 79 valence electrons. The Morgan fingerprint density at radius 3 is 2.69 bits per heavy atom. The van der Waals surface area contributed by atoms with Crippen molar-refractivity contribution in [3.8, 4) is 6.07 Å². The van der Waals surface area contributed by atoms with Crippen LogP contribution in [0.2, 0.25) is 5.02 Å². The van der Waals surface area contributed by atoms with Crippen LogP contribution in [0.1, 0.15) is 11.1 Å². The van der Waals surface area contributed by atoms with Gasteiger partial charge in [-0.2, -0.15) is 29.9 Å². The van der Waals surface area contributed by atoms with Crippen molar-refractivity contribution in [2.75, 3.05) is 0 Å². The number of pyridine rings is 1. The van der Waals surface area contributed by atoms with Gasteiger partial charge in [0.05, 0.1) is 10.6 Å². The normalized spacial score (nSPS) is 8.75. The van der Waals surface area contributed by atoms with E-state index < -0.39 is 0 Å². The molecular formula is C12H9ClN2Y-2. The second-order valence-electron chi connectivity index (χ2n) is 2.95. The van der Waals surface area contributed by atoms with Crippen molar-refractivity contribution >= 4 is 22.5 Å². The fourth-order valence-electron chi connectivity index (χ4n) is 1.29. The maximum atomic E-state index is 8.76. The number of halogens is 1. The minimum atomic E-state index is 0.